The first-order valence-corrected chi connectivity index (χ1v) is 8.62. The van der Waals surface area contributed by atoms with Crippen molar-refractivity contribution < 1.29 is 34.2 Å². The number of amides is 1. The van der Waals surface area contributed by atoms with Crippen LogP contribution in [0.1, 0.15) is 38.5 Å². The summed E-state index contributed by atoms with van der Waals surface area (Å²) >= 11 is 0. The van der Waals surface area contributed by atoms with Crippen molar-refractivity contribution in [2.24, 2.45) is 0 Å². The molecule has 0 saturated carbocycles. The highest BCUT2D eigenvalue weighted by molar-refractivity contribution is 5.75. The molecular formula is C17H31N2O6+. The summed E-state index contributed by atoms with van der Waals surface area (Å²) in [5, 5.41) is 29.9. The Morgan fingerprint density at radius 3 is 2.00 bits per heavy atom. The fourth-order valence-corrected chi connectivity index (χ4v) is 2.64. The predicted molar refractivity (Wildman–Crippen MR) is 93.0 cm³/mol. The van der Waals surface area contributed by atoms with Gasteiger partial charge in [0.25, 0.3) is 0 Å². The van der Waals surface area contributed by atoms with Crippen molar-refractivity contribution in [2.75, 3.05) is 39.3 Å². The number of aliphatic hydroxyl groups excluding tert-OH is 1. The van der Waals surface area contributed by atoms with Crippen molar-refractivity contribution in [2.45, 2.75) is 38.5 Å². The molecule has 0 rings (SSSR count). The van der Waals surface area contributed by atoms with Gasteiger partial charge in [-0.2, -0.15) is 0 Å². The molecule has 144 valence electrons. The third-order valence-corrected chi connectivity index (χ3v) is 4.14. The first-order valence-electron chi connectivity index (χ1n) is 8.62. The van der Waals surface area contributed by atoms with Crippen LogP contribution in [-0.2, 0) is 14.4 Å². The number of quaternary nitrogens is 1. The molecule has 8 heteroatoms. The Balaban J connectivity index is 4.56. The van der Waals surface area contributed by atoms with E-state index in [4.69, 9.17) is 10.2 Å². The number of carboxylic acid groups (broad SMARTS) is 2. The lowest BCUT2D eigenvalue weighted by molar-refractivity contribution is -0.926. The molecule has 25 heavy (non-hydrogen) atoms. The number of aliphatic hydroxyl groups is 1. The Bertz CT molecular complexity index is 421. The van der Waals surface area contributed by atoms with E-state index in [2.05, 4.69) is 11.9 Å². The van der Waals surface area contributed by atoms with Crippen LogP contribution in [0.2, 0.25) is 0 Å². The summed E-state index contributed by atoms with van der Waals surface area (Å²) < 4.78 is 0.159. The maximum absolute atomic E-state index is 11.8. The summed E-state index contributed by atoms with van der Waals surface area (Å²) in [6.07, 6.45) is 4.53. The fourth-order valence-electron chi connectivity index (χ4n) is 2.64. The summed E-state index contributed by atoms with van der Waals surface area (Å²) in [6.45, 7) is 4.86. The molecule has 0 aromatic carbocycles. The lowest BCUT2D eigenvalue weighted by Crippen LogP contribution is -2.55. The Kier molecular flexibility index (Phi) is 12.3. The highest BCUT2D eigenvalue weighted by Gasteiger charge is 2.28. The molecule has 0 spiro atoms. The van der Waals surface area contributed by atoms with Gasteiger partial charge in [-0.1, -0.05) is 6.08 Å². The number of rotatable bonds is 16. The van der Waals surface area contributed by atoms with Gasteiger partial charge < -0.3 is 25.1 Å². The average molecular weight is 359 g/mol. The lowest BCUT2D eigenvalue weighted by Gasteiger charge is -2.37. The number of nitrogens with zero attached hydrogens (tertiary/aromatic N) is 1. The number of aliphatic carboxylic acids is 2. The van der Waals surface area contributed by atoms with Gasteiger partial charge in [0.2, 0.25) is 5.91 Å². The van der Waals surface area contributed by atoms with E-state index in [1.165, 1.54) is 0 Å². The van der Waals surface area contributed by atoms with Crippen LogP contribution in [0.4, 0.5) is 0 Å². The fraction of sp³-hybridized carbons (Fsp3) is 0.706. The minimum Gasteiger partial charge on any atom is -0.481 e. The van der Waals surface area contributed by atoms with Gasteiger partial charge in [0.1, 0.15) is 6.54 Å². The van der Waals surface area contributed by atoms with Crippen LogP contribution in [0.25, 0.3) is 0 Å². The molecule has 0 aromatic rings. The Morgan fingerprint density at radius 2 is 1.52 bits per heavy atom. The van der Waals surface area contributed by atoms with Crippen LogP contribution in [0.3, 0.4) is 0 Å². The first-order chi connectivity index (χ1) is 11.8. The molecule has 0 atom stereocenters. The van der Waals surface area contributed by atoms with Crippen molar-refractivity contribution in [1.82, 2.24) is 5.32 Å². The van der Waals surface area contributed by atoms with Gasteiger partial charge in [0, 0.05) is 6.42 Å². The maximum atomic E-state index is 11.8. The summed E-state index contributed by atoms with van der Waals surface area (Å²) in [4.78, 5) is 33.6. The van der Waals surface area contributed by atoms with E-state index in [9.17, 15) is 19.5 Å². The number of carbonyl (C=O) groups is 3. The van der Waals surface area contributed by atoms with Gasteiger partial charge in [-0.3, -0.25) is 14.4 Å². The standard InChI is InChI=1S/C17H30N2O6/c1-2-3-4-5-6-15(21)18-9-12-19(13-14-20,10-7-16(22)23)11-8-17(24)25/h2,20H,1,3-14H2,(H2-,18,21,22,23,24,25)/p+1. The van der Waals surface area contributed by atoms with E-state index in [1.807, 2.05) is 6.08 Å². The SMILES string of the molecule is C=CCCCCC(=O)NCC[N+](CCO)(CCC(=O)O)CCC(=O)O. The van der Waals surface area contributed by atoms with Crippen molar-refractivity contribution in [3.8, 4) is 0 Å². The smallest absolute Gasteiger partial charge is 0.309 e. The molecule has 4 N–H and O–H groups in total. The summed E-state index contributed by atoms with van der Waals surface area (Å²) in [5.74, 6) is -2.02. The van der Waals surface area contributed by atoms with Crippen molar-refractivity contribution in [3.05, 3.63) is 12.7 Å². The average Bonchev–Trinajstić information content (AvgIpc) is 2.55. The van der Waals surface area contributed by atoms with E-state index < -0.39 is 11.9 Å². The number of hydrogen-bond acceptors (Lipinski definition) is 4. The van der Waals surface area contributed by atoms with Gasteiger partial charge in [-0.05, 0) is 19.3 Å². The van der Waals surface area contributed by atoms with Crippen LogP contribution in [-0.4, -0.2) is 77.0 Å². The van der Waals surface area contributed by atoms with E-state index in [1.54, 1.807) is 0 Å². The molecule has 0 saturated heterocycles. The van der Waals surface area contributed by atoms with Crippen LogP contribution >= 0.6 is 0 Å². The van der Waals surface area contributed by atoms with Gasteiger partial charge >= 0.3 is 11.9 Å². The molecule has 0 aliphatic carbocycles. The zero-order valence-corrected chi connectivity index (χ0v) is 14.8. The zero-order valence-electron chi connectivity index (χ0n) is 14.8. The number of carboxylic acids is 2. The Hall–Kier alpha value is -1.93. The molecule has 1 amide bonds. The highest BCUT2D eigenvalue weighted by Crippen LogP contribution is 2.10. The second-order valence-corrected chi connectivity index (χ2v) is 6.13. The third-order valence-electron chi connectivity index (χ3n) is 4.14. The Morgan fingerprint density at radius 1 is 0.920 bits per heavy atom. The number of allylic oxidation sites excluding steroid dienone is 1. The van der Waals surface area contributed by atoms with Crippen molar-refractivity contribution in [3.63, 3.8) is 0 Å². The van der Waals surface area contributed by atoms with Crippen LogP contribution < -0.4 is 5.32 Å². The monoisotopic (exact) mass is 359 g/mol. The van der Waals surface area contributed by atoms with Gasteiger partial charge in [-0.15, -0.1) is 6.58 Å². The van der Waals surface area contributed by atoms with Crippen molar-refractivity contribution >= 4 is 17.8 Å². The number of unbranched alkanes of at least 4 members (excludes halogenated alkanes) is 2. The molecule has 0 heterocycles. The number of carbonyl (C=O) groups excluding carboxylic acids is 1. The van der Waals surface area contributed by atoms with E-state index in [0.717, 1.165) is 19.3 Å². The molecule has 0 unspecified atom stereocenters. The topological polar surface area (TPSA) is 124 Å². The van der Waals surface area contributed by atoms with Crippen LogP contribution in [0, 0.1) is 0 Å². The van der Waals surface area contributed by atoms with Gasteiger partial charge in [0.15, 0.2) is 0 Å². The first kappa shape index (κ1) is 23.1. The highest BCUT2D eigenvalue weighted by atomic mass is 16.4. The molecule has 0 fully saturated rings. The third kappa shape index (κ3) is 12.1. The van der Waals surface area contributed by atoms with Gasteiger partial charge in [0.05, 0.1) is 45.6 Å². The summed E-state index contributed by atoms with van der Waals surface area (Å²) in [7, 11) is 0. The van der Waals surface area contributed by atoms with Crippen LogP contribution in [0.15, 0.2) is 12.7 Å². The Labute approximate surface area is 148 Å². The molecule has 0 bridgehead atoms. The molecule has 0 aliphatic heterocycles. The largest absolute Gasteiger partial charge is 0.481 e. The lowest BCUT2D eigenvalue weighted by atomic mass is 10.2. The summed E-state index contributed by atoms with van der Waals surface area (Å²) in [5.41, 5.74) is 0. The normalized spacial score (nSPS) is 11.1. The minimum atomic E-state index is -0.970. The summed E-state index contributed by atoms with van der Waals surface area (Å²) in [6, 6.07) is 0. The van der Waals surface area contributed by atoms with E-state index >= 15 is 0 Å². The van der Waals surface area contributed by atoms with Crippen molar-refractivity contribution in [1.29, 1.82) is 0 Å². The minimum absolute atomic E-state index is 0.0809. The maximum Gasteiger partial charge on any atom is 0.309 e. The van der Waals surface area contributed by atoms with Crippen LogP contribution in [0.5, 0.6) is 0 Å². The molecule has 0 aliphatic rings. The van der Waals surface area contributed by atoms with E-state index in [0.29, 0.717) is 19.5 Å². The molecule has 0 radical (unpaired) electrons. The number of nitrogens with one attached hydrogen (secondary N) is 1. The quantitative estimate of drug-likeness (QED) is 0.182. The number of hydrogen-bond donors (Lipinski definition) is 4. The second kappa shape index (κ2) is 13.4. The molecule has 0 aromatic heterocycles. The second-order valence-electron chi connectivity index (χ2n) is 6.13. The molecule has 8 nitrogen and oxygen atoms in total. The van der Waals surface area contributed by atoms with Gasteiger partial charge in [-0.25, -0.2) is 0 Å². The van der Waals surface area contributed by atoms with E-state index in [-0.39, 0.29) is 49.5 Å². The molecular weight excluding hydrogens is 328 g/mol. The predicted octanol–water partition coefficient (Wildman–Crippen LogP) is 0.608. The zero-order chi connectivity index (χ0) is 19.1.